The molecule has 0 atom stereocenters. The molecule has 7 rings (SSSR count). The minimum Gasteiger partial charge on any atom is -0.488 e. The van der Waals surface area contributed by atoms with Crippen molar-refractivity contribution in [3.05, 3.63) is 120 Å². The molecule has 0 aliphatic heterocycles. The van der Waals surface area contributed by atoms with Gasteiger partial charge in [-0.05, 0) is 61.7 Å². The number of anilines is 4. The van der Waals surface area contributed by atoms with Crippen LogP contribution in [0.2, 0.25) is 0 Å². The molecule has 3 heterocycles. The number of hydrogen-bond acceptors (Lipinski definition) is 7. The second-order valence-corrected chi connectivity index (χ2v) is 13.6. The fourth-order valence-electron chi connectivity index (χ4n) is 5.76. The maximum atomic E-state index is 13.4. The number of benzene rings is 3. The molecule has 248 valence electrons. The van der Waals surface area contributed by atoms with E-state index in [-0.39, 0.29) is 11.4 Å². The molecule has 3 aromatic heterocycles. The van der Waals surface area contributed by atoms with Gasteiger partial charge in [-0.2, -0.15) is 5.10 Å². The lowest BCUT2D eigenvalue weighted by atomic mass is 9.83. The number of nitrogens with zero attached hydrogens (tertiary/aromatic N) is 5. The topological polar surface area (TPSA) is 119 Å². The van der Waals surface area contributed by atoms with Gasteiger partial charge < -0.3 is 15.4 Å². The fraction of sp³-hybridized carbons (Fsp3) is 0.256. The van der Waals surface area contributed by atoms with Gasteiger partial charge in [0.05, 0.1) is 29.0 Å². The Kier molecular flexibility index (Phi) is 8.69. The Morgan fingerprint density at radius 3 is 2.47 bits per heavy atom. The molecule has 0 unspecified atom stereocenters. The molecule has 1 aliphatic rings. The molecule has 1 fully saturated rings. The highest BCUT2D eigenvalue weighted by molar-refractivity contribution is 6.07. The maximum Gasteiger partial charge on any atom is 0.324 e. The van der Waals surface area contributed by atoms with E-state index >= 15 is 0 Å². The maximum absolute atomic E-state index is 13.4. The standard InChI is InChI=1S/C39H40N8O2/c1-25-12-14-28(15-13-25)47-37(21-34(46-47)39(2,3)4)45-38(48)43-31-16-17-33(30-11-6-5-10-29(30)31)49-24-26-18-19-41-35(20-26)44-36-23-40-22-32(42-36)27-8-7-9-27/h5-6,10-23,27H,7-9,24H2,1-4H3,(H,41,42,44)(H2,43,45,48). The molecule has 6 aromatic rings. The Morgan fingerprint density at radius 2 is 1.71 bits per heavy atom. The van der Waals surface area contributed by atoms with Crippen molar-refractivity contribution in [2.24, 2.45) is 0 Å². The average Bonchev–Trinajstić information content (AvgIpc) is 3.49. The lowest BCUT2D eigenvalue weighted by molar-refractivity contribution is 0.262. The van der Waals surface area contributed by atoms with Crippen LogP contribution in [0.15, 0.2) is 97.5 Å². The van der Waals surface area contributed by atoms with Gasteiger partial charge in [0.15, 0.2) is 0 Å². The number of aromatic nitrogens is 5. The van der Waals surface area contributed by atoms with E-state index in [4.69, 9.17) is 14.8 Å². The summed E-state index contributed by atoms with van der Waals surface area (Å²) in [6.07, 6.45) is 8.91. The van der Waals surface area contributed by atoms with E-state index in [1.54, 1.807) is 17.1 Å². The van der Waals surface area contributed by atoms with Crippen molar-refractivity contribution in [3.63, 3.8) is 0 Å². The van der Waals surface area contributed by atoms with Crippen LogP contribution in [0.25, 0.3) is 16.5 Å². The van der Waals surface area contributed by atoms with Gasteiger partial charge in [0.2, 0.25) is 0 Å². The summed E-state index contributed by atoms with van der Waals surface area (Å²) in [5, 5.41) is 15.9. The number of pyridine rings is 1. The molecule has 10 nitrogen and oxygen atoms in total. The first-order valence-electron chi connectivity index (χ1n) is 16.6. The van der Waals surface area contributed by atoms with E-state index in [0.29, 0.717) is 41.4 Å². The second-order valence-electron chi connectivity index (χ2n) is 13.6. The van der Waals surface area contributed by atoms with Crippen molar-refractivity contribution < 1.29 is 9.53 Å². The zero-order valence-corrected chi connectivity index (χ0v) is 28.2. The number of aryl methyl sites for hydroxylation is 1. The summed E-state index contributed by atoms with van der Waals surface area (Å²) >= 11 is 0. The van der Waals surface area contributed by atoms with Crippen LogP contribution in [-0.2, 0) is 12.0 Å². The number of urea groups is 1. The molecule has 0 radical (unpaired) electrons. The summed E-state index contributed by atoms with van der Waals surface area (Å²) in [5.41, 5.74) is 5.34. The van der Waals surface area contributed by atoms with Crippen LogP contribution in [0.3, 0.4) is 0 Å². The highest BCUT2D eigenvalue weighted by atomic mass is 16.5. The largest absolute Gasteiger partial charge is 0.488 e. The van der Waals surface area contributed by atoms with Crippen LogP contribution in [0.5, 0.6) is 5.75 Å². The third-order valence-electron chi connectivity index (χ3n) is 8.78. The summed E-state index contributed by atoms with van der Waals surface area (Å²) in [5.74, 6) is 3.15. The zero-order chi connectivity index (χ0) is 34.0. The summed E-state index contributed by atoms with van der Waals surface area (Å²) in [7, 11) is 0. The minimum atomic E-state index is -0.368. The van der Waals surface area contributed by atoms with Crippen molar-refractivity contribution >= 4 is 39.9 Å². The van der Waals surface area contributed by atoms with E-state index in [9.17, 15) is 4.79 Å². The number of rotatable bonds is 9. The average molecular weight is 653 g/mol. The van der Waals surface area contributed by atoms with Crippen LogP contribution in [0.4, 0.5) is 27.9 Å². The van der Waals surface area contributed by atoms with Gasteiger partial charge >= 0.3 is 6.03 Å². The molecular weight excluding hydrogens is 612 g/mol. The molecule has 1 aliphatic carbocycles. The highest BCUT2D eigenvalue weighted by Gasteiger charge is 2.23. The van der Waals surface area contributed by atoms with Gasteiger partial charge in [0, 0.05) is 40.6 Å². The molecular formula is C39H40N8O2. The lowest BCUT2D eigenvalue weighted by Gasteiger charge is -2.24. The smallest absolute Gasteiger partial charge is 0.324 e. The van der Waals surface area contributed by atoms with E-state index in [0.717, 1.165) is 39.0 Å². The summed E-state index contributed by atoms with van der Waals surface area (Å²) in [6.45, 7) is 8.68. The third-order valence-corrected chi connectivity index (χ3v) is 8.78. The molecule has 3 aromatic carbocycles. The Hall–Kier alpha value is -5.77. The van der Waals surface area contributed by atoms with E-state index in [2.05, 4.69) is 46.7 Å². The molecule has 49 heavy (non-hydrogen) atoms. The summed E-state index contributed by atoms with van der Waals surface area (Å²) in [6, 6.07) is 25.1. The molecule has 0 bridgehead atoms. The fourth-order valence-corrected chi connectivity index (χ4v) is 5.76. The first kappa shape index (κ1) is 31.8. The normalized spacial score (nSPS) is 13.1. The number of carbonyl (C=O) groups is 1. The number of hydrogen-bond donors (Lipinski definition) is 3. The van der Waals surface area contributed by atoms with Crippen molar-refractivity contribution in [1.29, 1.82) is 0 Å². The Morgan fingerprint density at radius 1 is 0.918 bits per heavy atom. The summed E-state index contributed by atoms with van der Waals surface area (Å²) < 4.78 is 8.10. The van der Waals surface area contributed by atoms with Gasteiger partial charge in [-0.15, -0.1) is 0 Å². The Bertz CT molecular complexity index is 2110. The molecule has 0 spiro atoms. The Balaban J connectivity index is 1.05. The molecule has 10 heteroatoms. The number of amides is 2. The van der Waals surface area contributed by atoms with Crippen LogP contribution >= 0.6 is 0 Å². The van der Waals surface area contributed by atoms with Crippen LogP contribution in [0.1, 0.15) is 68.5 Å². The van der Waals surface area contributed by atoms with Crippen molar-refractivity contribution in [3.8, 4) is 11.4 Å². The first-order valence-corrected chi connectivity index (χ1v) is 16.6. The van der Waals surface area contributed by atoms with Crippen LogP contribution in [0, 0.1) is 6.92 Å². The van der Waals surface area contributed by atoms with E-state index in [1.807, 2.05) is 92.0 Å². The van der Waals surface area contributed by atoms with Gasteiger partial charge in [0.25, 0.3) is 0 Å². The van der Waals surface area contributed by atoms with E-state index in [1.165, 1.54) is 19.3 Å². The quantitative estimate of drug-likeness (QED) is 0.143. The van der Waals surface area contributed by atoms with Crippen LogP contribution < -0.4 is 20.7 Å². The predicted molar refractivity (Wildman–Crippen MR) is 194 cm³/mol. The van der Waals surface area contributed by atoms with Gasteiger partial charge in [0.1, 0.15) is 29.8 Å². The van der Waals surface area contributed by atoms with Gasteiger partial charge in [-0.1, -0.05) is 69.2 Å². The van der Waals surface area contributed by atoms with Crippen molar-refractivity contribution in [1.82, 2.24) is 24.7 Å². The monoisotopic (exact) mass is 652 g/mol. The molecule has 0 saturated heterocycles. The van der Waals surface area contributed by atoms with Crippen molar-refractivity contribution in [2.75, 3.05) is 16.0 Å². The number of carbonyl (C=O) groups excluding carboxylic acids is 1. The number of nitrogens with one attached hydrogen (secondary N) is 3. The number of fused-ring (bicyclic) bond motifs is 1. The minimum absolute atomic E-state index is 0.195. The molecule has 3 N–H and O–H groups in total. The van der Waals surface area contributed by atoms with Gasteiger partial charge in [-0.3, -0.25) is 10.3 Å². The Labute approximate surface area is 286 Å². The van der Waals surface area contributed by atoms with Crippen molar-refractivity contribution in [2.45, 2.75) is 64.9 Å². The predicted octanol–water partition coefficient (Wildman–Crippen LogP) is 9.05. The number of ether oxygens (including phenoxy) is 1. The van der Waals surface area contributed by atoms with Gasteiger partial charge in [-0.25, -0.2) is 19.4 Å². The van der Waals surface area contributed by atoms with Crippen LogP contribution in [-0.4, -0.2) is 30.8 Å². The summed E-state index contributed by atoms with van der Waals surface area (Å²) in [4.78, 5) is 27.0. The first-order chi connectivity index (χ1) is 23.7. The molecule has 2 amide bonds. The third kappa shape index (κ3) is 7.23. The highest BCUT2D eigenvalue weighted by Crippen LogP contribution is 2.36. The van der Waals surface area contributed by atoms with E-state index < -0.39 is 0 Å². The second kappa shape index (κ2) is 13.4. The lowest BCUT2D eigenvalue weighted by Crippen LogP contribution is -2.21. The SMILES string of the molecule is Cc1ccc(-n2nc(C(C)(C)C)cc2NC(=O)Nc2ccc(OCc3ccnc(Nc4cncc(C5CCC5)n4)c3)c3ccccc23)cc1. The molecule has 1 saturated carbocycles. The zero-order valence-electron chi connectivity index (χ0n) is 28.2.